The van der Waals surface area contributed by atoms with Gasteiger partial charge in [0.25, 0.3) is 0 Å². The van der Waals surface area contributed by atoms with Crippen LogP contribution < -0.4 is 15.9 Å². The van der Waals surface area contributed by atoms with Gasteiger partial charge in [0.2, 0.25) is 5.91 Å². The van der Waals surface area contributed by atoms with E-state index in [2.05, 4.69) is 5.32 Å². The summed E-state index contributed by atoms with van der Waals surface area (Å²) in [6, 6.07) is 3.93. The average molecular weight is 295 g/mol. The monoisotopic (exact) mass is 295 g/mol. The lowest BCUT2D eigenvalue weighted by Gasteiger charge is -2.08. The largest absolute Gasteiger partial charge is 0.396 e. The molecule has 0 bridgehead atoms. The average Bonchev–Trinajstić information content (AvgIpc) is 2.61. The molecule has 5 nitrogen and oxygen atoms in total. The molecule has 0 saturated heterocycles. The molecular weight excluding hydrogens is 281 g/mol. The topological polar surface area (TPSA) is 77.1 Å². The smallest absolute Gasteiger partial charge is 0.308 e. The maximum absolute atomic E-state index is 13.0. The fourth-order valence-electron chi connectivity index (χ4n) is 1.74. The number of amides is 1. The normalized spacial score (nSPS) is 10.6. The molecule has 2 aromatic rings. The third-order valence-corrected chi connectivity index (χ3v) is 3.95. The zero-order valence-corrected chi connectivity index (χ0v) is 11.9. The molecule has 0 unspecified atom stereocenters. The second-order valence-electron chi connectivity index (χ2n) is 4.38. The number of aromatic nitrogens is 1. The van der Waals surface area contributed by atoms with Crippen molar-refractivity contribution < 1.29 is 9.18 Å². The van der Waals surface area contributed by atoms with Gasteiger partial charge in [-0.05, 0) is 32.0 Å². The Morgan fingerprint density at radius 3 is 2.70 bits per heavy atom. The van der Waals surface area contributed by atoms with Gasteiger partial charge in [-0.3, -0.25) is 14.2 Å². The minimum absolute atomic E-state index is 0.0393. The number of hydrogen-bond donors (Lipinski definition) is 2. The number of aryl methyl sites for hydroxylation is 1. The van der Waals surface area contributed by atoms with Crippen LogP contribution in [-0.2, 0) is 11.3 Å². The first-order valence-corrected chi connectivity index (χ1v) is 6.72. The van der Waals surface area contributed by atoms with Crippen molar-refractivity contribution in [1.82, 2.24) is 4.57 Å². The van der Waals surface area contributed by atoms with Gasteiger partial charge < -0.3 is 11.1 Å². The fourth-order valence-corrected chi connectivity index (χ4v) is 2.57. The number of anilines is 2. The molecule has 1 amide bonds. The van der Waals surface area contributed by atoms with Crippen LogP contribution in [0.1, 0.15) is 10.6 Å². The first-order valence-electron chi connectivity index (χ1n) is 5.90. The van der Waals surface area contributed by atoms with Crippen molar-refractivity contribution in [2.24, 2.45) is 0 Å². The number of benzene rings is 1. The summed E-state index contributed by atoms with van der Waals surface area (Å²) in [5, 5.41) is 2.58. The van der Waals surface area contributed by atoms with E-state index in [4.69, 9.17) is 5.73 Å². The summed E-state index contributed by atoms with van der Waals surface area (Å²) in [6.07, 6.45) is 0. The summed E-state index contributed by atoms with van der Waals surface area (Å²) < 4.78 is 14.4. The van der Waals surface area contributed by atoms with Gasteiger partial charge in [0.15, 0.2) is 0 Å². The first kappa shape index (κ1) is 14.3. The van der Waals surface area contributed by atoms with Crippen molar-refractivity contribution in [3.05, 3.63) is 44.3 Å². The molecule has 2 rings (SSSR count). The van der Waals surface area contributed by atoms with Crippen LogP contribution in [0.3, 0.4) is 0 Å². The van der Waals surface area contributed by atoms with E-state index in [0.29, 0.717) is 5.69 Å². The Bertz CT molecular complexity index is 721. The molecule has 0 aliphatic rings. The van der Waals surface area contributed by atoms with E-state index in [0.717, 1.165) is 21.9 Å². The number of nitrogens with two attached hydrogens (primary N) is 1. The van der Waals surface area contributed by atoms with Crippen molar-refractivity contribution in [3.8, 4) is 0 Å². The zero-order valence-electron chi connectivity index (χ0n) is 11.1. The standard InChI is InChI=1S/C13H14FN3O2S/c1-7-8(2)20-13(19)17(7)6-12(18)16-9-3-4-10(14)11(15)5-9/h3-5H,6,15H2,1-2H3,(H,16,18). The zero-order chi connectivity index (χ0) is 14.9. The van der Waals surface area contributed by atoms with Crippen LogP contribution in [0.4, 0.5) is 15.8 Å². The van der Waals surface area contributed by atoms with Gasteiger partial charge in [-0.15, -0.1) is 0 Å². The van der Waals surface area contributed by atoms with Crippen molar-refractivity contribution in [3.63, 3.8) is 0 Å². The number of halogens is 1. The van der Waals surface area contributed by atoms with E-state index in [1.54, 1.807) is 6.92 Å². The van der Waals surface area contributed by atoms with Gasteiger partial charge in [-0.2, -0.15) is 0 Å². The summed E-state index contributed by atoms with van der Waals surface area (Å²) in [5.41, 5.74) is 6.55. The lowest BCUT2D eigenvalue weighted by Crippen LogP contribution is -2.25. The Kier molecular flexibility index (Phi) is 3.89. The van der Waals surface area contributed by atoms with Crippen LogP contribution in [0.2, 0.25) is 0 Å². The van der Waals surface area contributed by atoms with E-state index in [9.17, 15) is 14.0 Å². The highest BCUT2D eigenvalue weighted by molar-refractivity contribution is 7.09. The predicted octanol–water partition coefficient (Wildman–Crippen LogP) is 1.89. The molecule has 0 aliphatic heterocycles. The van der Waals surface area contributed by atoms with E-state index >= 15 is 0 Å². The molecule has 106 valence electrons. The Balaban J connectivity index is 2.13. The van der Waals surface area contributed by atoms with Crippen molar-refractivity contribution >= 4 is 28.6 Å². The molecule has 1 heterocycles. The van der Waals surface area contributed by atoms with Crippen molar-refractivity contribution in [1.29, 1.82) is 0 Å². The van der Waals surface area contributed by atoms with Crippen molar-refractivity contribution in [2.75, 3.05) is 11.1 Å². The maximum atomic E-state index is 13.0. The number of nitrogen functional groups attached to an aromatic ring is 1. The van der Waals surface area contributed by atoms with Crippen LogP contribution in [0.5, 0.6) is 0 Å². The van der Waals surface area contributed by atoms with Gasteiger partial charge in [0.1, 0.15) is 12.4 Å². The Morgan fingerprint density at radius 2 is 2.15 bits per heavy atom. The van der Waals surface area contributed by atoms with Crippen molar-refractivity contribution in [2.45, 2.75) is 20.4 Å². The Hall–Kier alpha value is -2.15. The minimum Gasteiger partial charge on any atom is -0.396 e. The number of hydrogen-bond acceptors (Lipinski definition) is 4. The molecule has 7 heteroatoms. The van der Waals surface area contributed by atoms with Gasteiger partial charge in [-0.1, -0.05) is 11.3 Å². The van der Waals surface area contributed by atoms with Gasteiger partial charge >= 0.3 is 4.87 Å². The van der Waals surface area contributed by atoms with Crippen LogP contribution in [0.15, 0.2) is 23.0 Å². The molecule has 0 atom stereocenters. The van der Waals surface area contributed by atoms with Crippen LogP contribution in [0, 0.1) is 19.7 Å². The van der Waals surface area contributed by atoms with E-state index in [1.807, 2.05) is 6.92 Å². The summed E-state index contributed by atoms with van der Waals surface area (Å²) in [6.45, 7) is 3.54. The third-order valence-electron chi connectivity index (χ3n) is 2.96. The number of carbonyl (C=O) groups excluding carboxylic acids is 1. The van der Waals surface area contributed by atoms with E-state index in [1.165, 1.54) is 22.8 Å². The third kappa shape index (κ3) is 2.88. The second kappa shape index (κ2) is 5.46. The minimum atomic E-state index is -0.538. The molecule has 3 N–H and O–H groups in total. The molecule has 0 radical (unpaired) electrons. The van der Waals surface area contributed by atoms with Crippen LogP contribution in [-0.4, -0.2) is 10.5 Å². The van der Waals surface area contributed by atoms with Gasteiger partial charge in [0, 0.05) is 16.3 Å². The quantitative estimate of drug-likeness (QED) is 0.849. The number of carbonyl (C=O) groups is 1. The van der Waals surface area contributed by atoms with Gasteiger partial charge in [0.05, 0.1) is 5.69 Å². The Morgan fingerprint density at radius 1 is 1.45 bits per heavy atom. The number of thiazole rings is 1. The molecule has 0 fully saturated rings. The predicted molar refractivity (Wildman–Crippen MR) is 77.5 cm³/mol. The molecular formula is C13H14FN3O2S. The highest BCUT2D eigenvalue weighted by Gasteiger charge is 2.12. The number of nitrogens with one attached hydrogen (secondary N) is 1. The molecule has 1 aromatic carbocycles. The van der Waals surface area contributed by atoms with E-state index in [-0.39, 0.29) is 23.0 Å². The van der Waals surface area contributed by atoms with Gasteiger partial charge in [-0.25, -0.2) is 4.39 Å². The van der Waals surface area contributed by atoms with E-state index < -0.39 is 5.82 Å². The maximum Gasteiger partial charge on any atom is 0.308 e. The second-order valence-corrected chi connectivity index (χ2v) is 5.55. The SMILES string of the molecule is Cc1sc(=O)n(CC(=O)Nc2ccc(F)c(N)c2)c1C. The Labute approximate surface area is 118 Å². The summed E-state index contributed by atoms with van der Waals surface area (Å²) >= 11 is 1.11. The first-order chi connectivity index (χ1) is 9.38. The highest BCUT2D eigenvalue weighted by Crippen LogP contribution is 2.16. The fraction of sp³-hybridized carbons (Fsp3) is 0.231. The van der Waals surface area contributed by atoms with Crippen LogP contribution in [0.25, 0.3) is 0 Å². The summed E-state index contributed by atoms with van der Waals surface area (Å²) in [7, 11) is 0. The molecule has 0 saturated carbocycles. The molecule has 1 aromatic heterocycles. The molecule has 0 spiro atoms. The number of nitrogens with zero attached hydrogens (tertiary/aromatic N) is 1. The lowest BCUT2D eigenvalue weighted by atomic mass is 10.2. The molecule has 0 aliphatic carbocycles. The highest BCUT2D eigenvalue weighted by atomic mass is 32.1. The number of rotatable bonds is 3. The molecule has 20 heavy (non-hydrogen) atoms. The van der Waals surface area contributed by atoms with Crippen LogP contribution >= 0.6 is 11.3 Å². The summed E-state index contributed by atoms with van der Waals surface area (Å²) in [4.78, 5) is 24.3. The summed E-state index contributed by atoms with van der Waals surface area (Å²) in [5.74, 6) is -0.900. The lowest BCUT2D eigenvalue weighted by molar-refractivity contribution is -0.116.